The lowest BCUT2D eigenvalue weighted by molar-refractivity contribution is 0.679. The van der Waals surface area contributed by atoms with Gasteiger partial charge in [-0.15, -0.1) is 11.3 Å². The smallest absolute Gasteiger partial charge is 0.240 e. The topological polar surface area (TPSA) is 90.9 Å². The molecule has 6 nitrogen and oxygen atoms in total. The van der Waals surface area contributed by atoms with E-state index in [9.17, 15) is 0 Å². The van der Waals surface area contributed by atoms with Crippen LogP contribution in [-0.2, 0) is 0 Å². The Kier molecular flexibility index (Phi) is 4.14. The molecule has 0 saturated heterocycles. The van der Waals surface area contributed by atoms with Crippen LogP contribution in [0.25, 0.3) is 10.2 Å². The van der Waals surface area contributed by atoms with Crippen LogP contribution < -0.4 is 16.2 Å². The Hall–Kier alpha value is -1.91. The van der Waals surface area contributed by atoms with E-state index in [-0.39, 0.29) is 6.04 Å². The van der Waals surface area contributed by atoms with E-state index in [1.807, 2.05) is 11.4 Å². The molecule has 2 rings (SSSR count). The van der Waals surface area contributed by atoms with E-state index in [1.54, 1.807) is 11.3 Å². The molecule has 3 N–H and O–H groups in total. The monoisotopic (exact) mass is 276 g/mol. The third-order valence-electron chi connectivity index (χ3n) is 2.79. The third kappa shape index (κ3) is 2.75. The molecule has 0 saturated carbocycles. The summed E-state index contributed by atoms with van der Waals surface area (Å²) >= 11 is 1.55. The quantitative estimate of drug-likeness (QED) is 0.642. The summed E-state index contributed by atoms with van der Waals surface area (Å²) in [5, 5.41) is 11.8. The Balaban J connectivity index is 2.51. The number of nitrogens with two attached hydrogens (primary N) is 1. The van der Waals surface area contributed by atoms with Crippen LogP contribution in [0.15, 0.2) is 11.4 Å². The van der Waals surface area contributed by atoms with Crippen LogP contribution in [0.2, 0.25) is 0 Å². The summed E-state index contributed by atoms with van der Waals surface area (Å²) in [6.07, 6.45) is 0.458. The highest BCUT2D eigenvalue weighted by molar-refractivity contribution is 7.16. The Bertz CT molecular complexity index is 600. The Labute approximate surface area is 115 Å². The molecule has 0 aliphatic carbocycles. The van der Waals surface area contributed by atoms with E-state index >= 15 is 0 Å². The summed E-state index contributed by atoms with van der Waals surface area (Å²) < 4.78 is 0. The maximum atomic E-state index is 8.78. The van der Waals surface area contributed by atoms with Gasteiger partial charge in [0.2, 0.25) is 5.95 Å². The summed E-state index contributed by atoms with van der Waals surface area (Å²) in [5.41, 5.74) is 2.49. The zero-order valence-corrected chi connectivity index (χ0v) is 11.7. The van der Waals surface area contributed by atoms with Crippen molar-refractivity contribution in [3.8, 4) is 6.07 Å². The lowest BCUT2D eigenvalue weighted by Crippen LogP contribution is -2.32. The fraction of sp³-hybridized carbons (Fsp3) is 0.417. The SMILES string of the molecule is CC(C)N(CCC#N)c1nc(NN)nc2sccc12. The summed E-state index contributed by atoms with van der Waals surface area (Å²) in [7, 11) is 0. The molecule has 0 aliphatic rings. The highest BCUT2D eigenvalue weighted by atomic mass is 32.1. The normalized spacial score (nSPS) is 10.7. The third-order valence-corrected chi connectivity index (χ3v) is 3.60. The molecule has 0 bridgehead atoms. The van der Waals surface area contributed by atoms with E-state index in [4.69, 9.17) is 11.1 Å². The van der Waals surface area contributed by atoms with Crippen molar-refractivity contribution >= 4 is 33.3 Å². The van der Waals surface area contributed by atoms with Crippen LogP contribution in [0.3, 0.4) is 0 Å². The van der Waals surface area contributed by atoms with Crippen LogP contribution in [-0.4, -0.2) is 22.6 Å². The molecule has 0 fully saturated rings. The number of anilines is 2. The fourth-order valence-electron chi connectivity index (χ4n) is 1.90. The molecule has 0 atom stereocenters. The lowest BCUT2D eigenvalue weighted by atomic mass is 10.2. The number of aromatic nitrogens is 2. The van der Waals surface area contributed by atoms with Crippen molar-refractivity contribution in [2.24, 2.45) is 5.84 Å². The maximum absolute atomic E-state index is 8.78. The molecule has 2 aromatic heterocycles. The molecule has 100 valence electrons. The molecule has 0 aliphatic heterocycles. The van der Waals surface area contributed by atoms with Gasteiger partial charge in [-0.25, -0.2) is 10.8 Å². The molecule has 0 aromatic carbocycles. The van der Waals surface area contributed by atoms with Crippen LogP contribution in [0, 0.1) is 11.3 Å². The van der Waals surface area contributed by atoms with Crippen LogP contribution in [0.5, 0.6) is 0 Å². The van der Waals surface area contributed by atoms with Crippen molar-refractivity contribution in [3.63, 3.8) is 0 Å². The number of hydrogen-bond donors (Lipinski definition) is 2. The molecular formula is C12H16N6S. The number of nitrogens with one attached hydrogen (secondary N) is 1. The first-order valence-electron chi connectivity index (χ1n) is 6.02. The number of hydrazine groups is 1. The zero-order chi connectivity index (χ0) is 13.8. The van der Waals surface area contributed by atoms with E-state index in [0.717, 1.165) is 16.0 Å². The van der Waals surface area contributed by atoms with Crippen LogP contribution in [0.4, 0.5) is 11.8 Å². The van der Waals surface area contributed by atoms with Crippen molar-refractivity contribution in [3.05, 3.63) is 11.4 Å². The zero-order valence-electron chi connectivity index (χ0n) is 10.9. The van der Waals surface area contributed by atoms with Gasteiger partial charge >= 0.3 is 0 Å². The first kappa shape index (κ1) is 13.5. The summed E-state index contributed by atoms with van der Waals surface area (Å²) in [4.78, 5) is 11.7. The van der Waals surface area contributed by atoms with E-state index in [0.29, 0.717) is 18.9 Å². The van der Waals surface area contributed by atoms with Crippen molar-refractivity contribution < 1.29 is 0 Å². The van der Waals surface area contributed by atoms with Crippen molar-refractivity contribution in [2.45, 2.75) is 26.3 Å². The average molecular weight is 276 g/mol. The number of nitrogens with zero attached hydrogens (tertiary/aromatic N) is 4. The average Bonchev–Trinajstić information content (AvgIpc) is 2.86. The first-order chi connectivity index (χ1) is 9.17. The van der Waals surface area contributed by atoms with Gasteiger partial charge in [0.05, 0.1) is 17.9 Å². The van der Waals surface area contributed by atoms with Gasteiger partial charge in [0, 0.05) is 12.6 Å². The first-order valence-corrected chi connectivity index (χ1v) is 6.90. The molecular weight excluding hydrogens is 260 g/mol. The maximum Gasteiger partial charge on any atom is 0.240 e. The summed E-state index contributed by atoms with van der Waals surface area (Å²) in [6.45, 7) is 4.79. The Morgan fingerprint density at radius 3 is 2.95 bits per heavy atom. The van der Waals surface area contributed by atoms with E-state index in [1.165, 1.54) is 0 Å². The summed E-state index contributed by atoms with van der Waals surface area (Å²) in [6, 6.07) is 4.42. The molecule has 2 aromatic rings. The van der Waals surface area contributed by atoms with Crippen LogP contribution >= 0.6 is 11.3 Å². The van der Waals surface area contributed by atoms with Crippen LogP contribution in [0.1, 0.15) is 20.3 Å². The van der Waals surface area contributed by atoms with Gasteiger partial charge < -0.3 is 4.90 Å². The van der Waals surface area contributed by atoms with E-state index < -0.39 is 0 Å². The number of nitriles is 1. The van der Waals surface area contributed by atoms with Gasteiger partial charge in [0.25, 0.3) is 0 Å². The standard InChI is InChI=1S/C12H16N6S/c1-8(2)18(6-3-5-13)10-9-4-7-19-11(9)16-12(15-10)17-14/h4,7-8H,3,6,14H2,1-2H3,(H,15,16,17). The second-order valence-electron chi connectivity index (χ2n) is 4.35. The molecule has 0 amide bonds. The van der Waals surface area contributed by atoms with Gasteiger partial charge in [-0.3, -0.25) is 5.43 Å². The van der Waals surface area contributed by atoms with Gasteiger partial charge in [0.1, 0.15) is 10.6 Å². The van der Waals surface area contributed by atoms with Crippen molar-refractivity contribution in [2.75, 3.05) is 16.9 Å². The fourth-order valence-corrected chi connectivity index (χ4v) is 2.66. The van der Waals surface area contributed by atoms with Gasteiger partial charge in [-0.2, -0.15) is 10.2 Å². The molecule has 0 spiro atoms. The Morgan fingerprint density at radius 2 is 2.32 bits per heavy atom. The van der Waals surface area contributed by atoms with Crippen molar-refractivity contribution in [1.82, 2.24) is 9.97 Å². The van der Waals surface area contributed by atoms with Gasteiger partial charge in [0.15, 0.2) is 0 Å². The molecule has 7 heteroatoms. The minimum atomic E-state index is 0.247. The second-order valence-corrected chi connectivity index (χ2v) is 5.24. The lowest BCUT2D eigenvalue weighted by Gasteiger charge is -2.27. The highest BCUT2D eigenvalue weighted by Gasteiger charge is 2.17. The minimum absolute atomic E-state index is 0.247. The summed E-state index contributed by atoms with van der Waals surface area (Å²) in [5.74, 6) is 6.63. The molecule has 0 radical (unpaired) electrons. The number of hydrogen-bond acceptors (Lipinski definition) is 7. The predicted octanol–water partition coefficient (Wildman–Crippen LogP) is 2.11. The molecule has 2 heterocycles. The highest BCUT2D eigenvalue weighted by Crippen LogP contribution is 2.30. The molecule has 0 unspecified atom stereocenters. The van der Waals surface area contributed by atoms with Gasteiger partial charge in [-0.05, 0) is 25.3 Å². The minimum Gasteiger partial charge on any atom is -0.352 e. The number of rotatable bonds is 5. The molecule has 19 heavy (non-hydrogen) atoms. The second kappa shape index (κ2) is 5.82. The number of thiophene rings is 1. The Morgan fingerprint density at radius 1 is 1.53 bits per heavy atom. The number of fused-ring (bicyclic) bond motifs is 1. The van der Waals surface area contributed by atoms with E-state index in [2.05, 4.69) is 40.2 Å². The van der Waals surface area contributed by atoms with Gasteiger partial charge in [-0.1, -0.05) is 0 Å². The largest absolute Gasteiger partial charge is 0.352 e. The van der Waals surface area contributed by atoms with Crippen molar-refractivity contribution in [1.29, 1.82) is 5.26 Å². The predicted molar refractivity (Wildman–Crippen MR) is 77.9 cm³/mol. The number of nitrogen functional groups attached to an aromatic ring is 1.